The summed E-state index contributed by atoms with van der Waals surface area (Å²) in [7, 11) is -3.59. The number of carbonyl (C=O) groups is 2. The average Bonchev–Trinajstić information content (AvgIpc) is 2.34. The van der Waals surface area contributed by atoms with Gasteiger partial charge in [-0.1, -0.05) is 6.07 Å². The molecule has 0 radical (unpaired) electrons. The number of carbonyl (C=O) groups excluding carboxylic acids is 2. The van der Waals surface area contributed by atoms with Gasteiger partial charge in [0, 0.05) is 12.6 Å². The third-order valence-electron chi connectivity index (χ3n) is 2.73. The largest absolute Gasteiger partial charge is 0.296 e. The summed E-state index contributed by atoms with van der Waals surface area (Å²) < 4.78 is 24.0. The minimum absolute atomic E-state index is 0.0466. The van der Waals surface area contributed by atoms with Crippen LogP contribution in [0.5, 0.6) is 0 Å². The summed E-state index contributed by atoms with van der Waals surface area (Å²) in [5, 5.41) is 2.09. The van der Waals surface area contributed by atoms with E-state index in [9.17, 15) is 18.0 Å². The minimum Gasteiger partial charge on any atom is -0.296 e. The van der Waals surface area contributed by atoms with Crippen LogP contribution < -0.4 is 5.32 Å². The Morgan fingerprint density at radius 3 is 2.72 bits per heavy atom. The molecule has 1 N–H and O–H groups in total. The van der Waals surface area contributed by atoms with Crippen LogP contribution in [0.4, 0.5) is 0 Å². The lowest BCUT2D eigenvalue weighted by Crippen LogP contribution is -2.43. The number of pyridine rings is 1. The third kappa shape index (κ3) is 2.73. The number of nitrogens with one attached hydrogen (secondary N) is 1. The van der Waals surface area contributed by atoms with Crippen molar-refractivity contribution in [1.29, 1.82) is 0 Å². The van der Waals surface area contributed by atoms with Gasteiger partial charge in [0.2, 0.25) is 11.8 Å². The van der Waals surface area contributed by atoms with Gasteiger partial charge in [0.1, 0.15) is 0 Å². The van der Waals surface area contributed by atoms with Crippen LogP contribution in [-0.4, -0.2) is 31.0 Å². The standard InChI is InChI=1S/C11H12N2O4S/c14-9-5-4-8(11(15)13-9)7-18(16,17)10-3-1-2-6-12-10/h1-3,6,8H,4-5,7H2,(H,13,14,15). The fraction of sp³-hybridized carbons (Fsp3) is 0.364. The van der Waals surface area contributed by atoms with Gasteiger partial charge in [-0.25, -0.2) is 13.4 Å². The maximum Gasteiger partial charge on any atom is 0.230 e. The molecular weight excluding hydrogens is 256 g/mol. The third-order valence-corrected chi connectivity index (χ3v) is 4.45. The molecule has 1 aliphatic rings. The number of rotatable bonds is 3. The summed E-state index contributed by atoms with van der Waals surface area (Å²) in [6, 6.07) is 4.58. The number of imide groups is 1. The summed E-state index contributed by atoms with van der Waals surface area (Å²) >= 11 is 0. The predicted molar refractivity (Wildman–Crippen MR) is 62.2 cm³/mol. The number of sulfone groups is 1. The summed E-state index contributed by atoms with van der Waals surface area (Å²) in [6.07, 6.45) is 1.82. The van der Waals surface area contributed by atoms with Gasteiger partial charge in [-0.15, -0.1) is 0 Å². The van der Waals surface area contributed by atoms with Crippen molar-refractivity contribution < 1.29 is 18.0 Å². The number of aromatic nitrogens is 1. The zero-order chi connectivity index (χ0) is 13.2. The highest BCUT2D eigenvalue weighted by Crippen LogP contribution is 2.18. The lowest BCUT2D eigenvalue weighted by Gasteiger charge is -2.20. The molecule has 2 rings (SSSR count). The second kappa shape index (κ2) is 4.85. The van der Waals surface area contributed by atoms with E-state index in [0.717, 1.165) is 0 Å². The molecule has 0 aliphatic carbocycles. The molecule has 2 heterocycles. The molecule has 7 heteroatoms. The van der Waals surface area contributed by atoms with E-state index in [2.05, 4.69) is 10.3 Å². The van der Waals surface area contributed by atoms with Crippen molar-refractivity contribution in [3.63, 3.8) is 0 Å². The van der Waals surface area contributed by atoms with Gasteiger partial charge in [0.25, 0.3) is 0 Å². The molecule has 1 saturated heterocycles. The first-order chi connectivity index (χ1) is 8.49. The molecule has 2 amide bonds. The Balaban J connectivity index is 2.14. The number of hydrogen-bond donors (Lipinski definition) is 1. The smallest absolute Gasteiger partial charge is 0.230 e. The van der Waals surface area contributed by atoms with E-state index in [0.29, 0.717) is 0 Å². The average molecular weight is 268 g/mol. The SMILES string of the molecule is O=C1CCC(CS(=O)(=O)c2ccccn2)C(=O)N1. The van der Waals surface area contributed by atoms with Crippen LogP contribution in [0.1, 0.15) is 12.8 Å². The second-order valence-corrected chi connectivity index (χ2v) is 6.08. The lowest BCUT2D eigenvalue weighted by atomic mass is 10.0. The number of hydrogen-bond acceptors (Lipinski definition) is 5. The Bertz CT molecular complexity index is 568. The molecule has 1 unspecified atom stereocenters. The van der Waals surface area contributed by atoms with Gasteiger partial charge in [-0.3, -0.25) is 14.9 Å². The molecule has 0 aromatic carbocycles. The highest BCUT2D eigenvalue weighted by atomic mass is 32.2. The number of nitrogens with zero attached hydrogens (tertiary/aromatic N) is 1. The maximum absolute atomic E-state index is 12.0. The van der Waals surface area contributed by atoms with Crippen LogP contribution in [0.15, 0.2) is 29.4 Å². The Morgan fingerprint density at radius 1 is 1.33 bits per heavy atom. The van der Waals surface area contributed by atoms with E-state index in [1.54, 1.807) is 12.1 Å². The van der Waals surface area contributed by atoms with Crippen LogP contribution in [-0.2, 0) is 19.4 Å². The van der Waals surface area contributed by atoms with Crippen molar-refractivity contribution in [2.75, 3.05) is 5.75 Å². The molecule has 96 valence electrons. The van der Waals surface area contributed by atoms with Gasteiger partial charge in [0.05, 0.1) is 11.7 Å². The van der Waals surface area contributed by atoms with Gasteiger partial charge >= 0.3 is 0 Å². The second-order valence-electron chi connectivity index (χ2n) is 4.10. The maximum atomic E-state index is 12.0. The molecule has 18 heavy (non-hydrogen) atoms. The number of piperidine rings is 1. The topological polar surface area (TPSA) is 93.2 Å². The Kier molecular flexibility index (Phi) is 3.42. The minimum atomic E-state index is -3.59. The molecule has 0 saturated carbocycles. The van der Waals surface area contributed by atoms with E-state index in [1.807, 2.05) is 0 Å². The molecule has 1 aromatic rings. The van der Waals surface area contributed by atoms with Crippen molar-refractivity contribution in [1.82, 2.24) is 10.3 Å². The molecule has 0 bridgehead atoms. The van der Waals surface area contributed by atoms with E-state index in [-0.39, 0.29) is 29.5 Å². The van der Waals surface area contributed by atoms with Crippen molar-refractivity contribution in [3.05, 3.63) is 24.4 Å². The van der Waals surface area contributed by atoms with Crippen molar-refractivity contribution in [3.8, 4) is 0 Å². The highest BCUT2D eigenvalue weighted by molar-refractivity contribution is 7.91. The zero-order valence-corrected chi connectivity index (χ0v) is 10.3. The number of amides is 2. The molecule has 1 aliphatic heterocycles. The fourth-order valence-electron chi connectivity index (χ4n) is 1.78. The van der Waals surface area contributed by atoms with Gasteiger partial charge in [0.15, 0.2) is 14.9 Å². The first-order valence-electron chi connectivity index (χ1n) is 5.46. The fourth-order valence-corrected chi connectivity index (χ4v) is 3.30. The lowest BCUT2D eigenvalue weighted by molar-refractivity contribution is -0.135. The summed E-state index contributed by atoms with van der Waals surface area (Å²) in [5.41, 5.74) is 0. The molecule has 1 fully saturated rings. The summed E-state index contributed by atoms with van der Waals surface area (Å²) in [4.78, 5) is 26.2. The predicted octanol–water partition coefficient (Wildman–Crippen LogP) is -0.0919. The van der Waals surface area contributed by atoms with Crippen LogP contribution in [0, 0.1) is 5.92 Å². The van der Waals surface area contributed by atoms with Crippen LogP contribution in [0.2, 0.25) is 0 Å². The first kappa shape index (κ1) is 12.7. The molecule has 0 spiro atoms. The first-order valence-corrected chi connectivity index (χ1v) is 7.12. The molecule has 6 nitrogen and oxygen atoms in total. The monoisotopic (exact) mass is 268 g/mol. The van der Waals surface area contributed by atoms with Crippen molar-refractivity contribution in [2.45, 2.75) is 17.9 Å². The van der Waals surface area contributed by atoms with Crippen LogP contribution in [0.3, 0.4) is 0 Å². The van der Waals surface area contributed by atoms with Crippen molar-refractivity contribution >= 4 is 21.7 Å². The Labute approximate surface area is 104 Å². The molecule has 1 atom stereocenters. The summed E-state index contributed by atoms with van der Waals surface area (Å²) in [5.74, 6) is -1.88. The quantitative estimate of drug-likeness (QED) is 0.773. The van der Waals surface area contributed by atoms with E-state index >= 15 is 0 Å². The normalized spacial score (nSPS) is 20.6. The molecular formula is C11H12N2O4S. The van der Waals surface area contributed by atoms with Gasteiger partial charge < -0.3 is 0 Å². The Morgan fingerprint density at radius 2 is 2.11 bits per heavy atom. The van der Waals surface area contributed by atoms with Gasteiger partial charge in [-0.05, 0) is 18.6 Å². The van der Waals surface area contributed by atoms with Gasteiger partial charge in [-0.2, -0.15) is 0 Å². The van der Waals surface area contributed by atoms with Crippen LogP contribution in [0.25, 0.3) is 0 Å². The summed E-state index contributed by atoms with van der Waals surface area (Å²) in [6.45, 7) is 0. The van der Waals surface area contributed by atoms with E-state index < -0.39 is 21.7 Å². The van der Waals surface area contributed by atoms with E-state index in [1.165, 1.54) is 12.3 Å². The zero-order valence-electron chi connectivity index (χ0n) is 9.50. The van der Waals surface area contributed by atoms with E-state index in [4.69, 9.17) is 0 Å². The molecule has 1 aromatic heterocycles. The van der Waals surface area contributed by atoms with Crippen molar-refractivity contribution in [2.24, 2.45) is 5.92 Å². The Hall–Kier alpha value is -1.76. The highest BCUT2D eigenvalue weighted by Gasteiger charge is 2.31. The van der Waals surface area contributed by atoms with Crippen LogP contribution >= 0.6 is 0 Å².